The fourth-order valence-electron chi connectivity index (χ4n) is 1.99. The van der Waals surface area contributed by atoms with E-state index in [1.54, 1.807) is 4.90 Å². The molecule has 7 nitrogen and oxygen atoms in total. The van der Waals surface area contributed by atoms with Crippen LogP contribution in [-0.2, 0) is 9.59 Å². The Balaban J connectivity index is 2.56. The van der Waals surface area contributed by atoms with Crippen LogP contribution in [0.5, 0.6) is 0 Å². The minimum atomic E-state index is -1.20. The van der Waals surface area contributed by atoms with Gasteiger partial charge in [-0.15, -0.1) is 0 Å². The molecule has 7 heteroatoms. The third kappa shape index (κ3) is 6.46. The molecule has 1 saturated carbocycles. The van der Waals surface area contributed by atoms with Crippen LogP contribution in [0.2, 0.25) is 0 Å². The lowest BCUT2D eigenvalue weighted by Gasteiger charge is -2.25. The van der Waals surface area contributed by atoms with Crippen molar-refractivity contribution < 1.29 is 24.6 Å². The van der Waals surface area contributed by atoms with E-state index in [9.17, 15) is 14.4 Å². The van der Waals surface area contributed by atoms with Gasteiger partial charge in [0, 0.05) is 19.0 Å². The molecule has 1 atom stereocenters. The lowest BCUT2D eigenvalue weighted by molar-refractivity contribution is -0.140. The smallest absolute Gasteiger partial charge is 0.326 e. The number of aliphatic carboxylic acids is 2. The Labute approximate surface area is 124 Å². The predicted octanol–water partition coefficient (Wildman–Crippen LogP) is 1.52. The fraction of sp³-hybridized carbons (Fsp3) is 0.786. The molecular formula is C14H24N2O5. The highest BCUT2D eigenvalue weighted by molar-refractivity contribution is 5.83. The summed E-state index contributed by atoms with van der Waals surface area (Å²) in [5.41, 5.74) is 0. The van der Waals surface area contributed by atoms with E-state index in [4.69, 9.17) is 10.2 Å². The van der Waals surface area contributed by atoms with Gasteiger partial charge in [0.05, 0.1) is 0 Å². The molecule has 1 rings (SSSR count). The third-order valence-corrected chi connectivity index (χ3v) is 3.44. The summed E-state index contributed by atoms with van der Waals surface area (Å²) in [4.78, 5) is 35.5. The second kappa shape index (κ2) is 7.85. The first kappa shape index (κ1) is 17.3. The van der Waals surface area contributed by atoms with Gasteiger partial charge < -0.3 is 20.4 Å². The Hall–Kier alpha value is -1.79. The molecule has 2 amide bonds. The summed E-state index contributed by atoms with van der Waals surface area (Å²) >= 11 is 0. The number of hydrogen-bond donors (Lipinski definition) is 3. The van der Waals surface area contributed by atoms with E-state index in [2.05, 4.69) is 19.2 Å². The summed E-state index contributed by atoms with van der Waals surface area (Å²) in [5.74, 6) is -1.82. The molecule has 1 aliphatic rings. The number of amides is 2. The van der Waals surface area contributed by atoms with Crippen LogP contribution in [0.1, 0.15) is 46.0 Å². The molecule has 0 bridgehead atoms. The van der Waals surface area contributed by atoms with Gasteiger partial charge in [-0.05, 0) is 31.6 Å². The second-order valence-electron chi connectivity index (χ2n) is 5.88. The Kier molecular flexibility index (Phi) is 6.45. The minimum Gasteiger partial charge on any atom is -0.481 e. The molecule has 3 N–H and O–H groups in total. The van der Waals surface area contributed by atoms with Gasteiger partial charge in [0.15, 0.2) is 0 Å². The molecule has 0 aliphatic heterocycles. The number of carbonyl (C=O) groups is 3. The Morgan fingerprint density at radius 2 is 1.81 bits per heavy atom. The number of rotatable bonds is 9. The maximum absolute atomic E-state index is 12.2. The molecule has 1 aliphatic carbocycles. The number of carbonyl (C=O) groups excluding carboxylic acids is 1. The standard InChI is InChI=1S/C14H24N2O5/c1-9(2)7-8-16(10-3-4-10)14(21)15-11(13(19)20)5-6-12(17)18/h9-11H,3-8H2,1-2H3,(H,15,21)(H,17,18)(H,19,20)/t11-/m0/s1. The molecule has 21 heavy (non-hydrogen) atoms. The highest BCUT2D eigenvalue weighted by Gasteiger charge is 2.34. The summed E-state index contributed by atoms with van der Waals surface area (Å²) in [7, 11) is 0. The summed E-state index contributed by atoms with van der Waals surface area (Å²) in [5, 5.41) is 20.1. The normalized spacial score (nSPS) is 15.6. The zero-order chi connectivity index (χ0) is 16.0. The van der Waals surface area contributed by atoms with Crippen LogP contribution in [0.4, 0.5) is 4.79 Å². The van der Waals surface area contributed by atoms with Crippen LogP contribution in [0.15, 0.2) is 0 Å². The number of hydrogen-bond acceptors (Lipinski definition) is 3. The van der Waals surface area contributed by atoms with Gasteiger partial charge in [0.1, 0.15) is 6.04 Å². The van der Waals surface area contributed by atoms with E-state index in [0.29, 0.717) is 12.5 Å². The number of urea groups is 1. The number of carboxylic acids is 2. The maximum Gasteiger partial charge on any atom is 0.326 e. The van der Waals surface area contributed by atoms with E-state index in [1.807, 2.05) is 0 Å². The van der Waals surface area contributed by atoms with E-state index < -0.39 is 24.0 Å². The third-order valence-electron chi connectivity index (χ3n) is 3.44. The SMILES string of the molecule is CC(C)CCN(C(=O)N[C@@H](CCC(=O)O)C(=O)O)C1CC1. The van der Waals surface area contributed by atoms with Gasteiger partial charge in [0.2, 0.25) is 0 Å². The van der Waals surface area contributed by atoms with Crippen LogP contribution in [0, 0.1) is 5.92 Å². The molecule has 0 aromatic heterocycles. The fourth-order valence-corrected chi connectivity index (χ4v) is 1.99. The first-order valence-electron chi connectivity index (χ1n) is 7.33. The first-order valence-corrected chi connectivity index (χ1v) is 7.33. The lowest BCUT2D eigenvalue weighted by Crippen LogP contribution is -2.49. The number of nitrogens with zero attached hydrogens (tertiary/aromatic N) is 1. The summed E-state index contributed by atoms with van der Waals surface area (Å²) in [6.07, 6.45) is 2.35. The average Bonchev–Trinajstić information content (AvgIpc) is 3.18. The average molecular weight is 300 g/mol. The summed E-state index contributed by atoms with van der Waals surface area (Å²) < 4.78 is 0. The van der Waals surface area contributed by atoms with Gasteiger partial charge in [-0.3, -0.25) is 4.79 Å². The van der Waals surface area contributed by atoms with Crippen molar-refractivity contribution in [1.29, 1.82) is 0 Å². The van der Waals surface area contributed by atoms with Crippen molar-refractivity contribution in [3.63, 3.8) is 0 Å². The second-order valence-corrected chi connectivity index (χ2v) is 5.88. The monoisotopic (exact) mass is 300 g/mol. The largest absolute Gasteiger partial charge is 0.481 e. The maximum atomic E-state index is 12.2. The van der Waals surface area contributed by atoms with E-state index in [-0.39, 0.29) is 18.9 Å². The Morgan fingerprint density at radius 1 is 1.19 bits per heavy atom. The van der Waals surface area contributed by atoms with Gasteiger partial charge >= 0.3 is 18.0 Å². The topological polar surface area (TPSA) is 107 Å². The van der Waals surface area contributed by atoms with Gasteiger partial charge in [-0.2, -0.15) is 0 Å². The number of nitrogens with one attached hydrogen (secondary N) is 1. The molecule has 120 valence electrons. The van der Waals surface area contributed by atoms with Crippen molar-refractivity contribution in [2.45, 2.75) is 58.0 Å². The molecule has 0 spiro atoms. The highest BCUT2D eigenvalue weighted by atomic mass is 16.4. The van der Waals surface area contributed by atoms with Crippen LogP contribution >= 0.6 is 0 Å². The van der Waals surface area contributed by atoms with E-state index in [0.717, 1.165) is 19.3 Å². The first-order chi connectivity index (χ1) is 9.81. The van der Waals surface area contributed by atoms with Crippen molar-refractivity contribution in [3.8, 4) is 0 Å². The van der Waals surface area contributed by atoms with Crippen molar-refractivity contribution in [2.75, 3.05) is 6.54 Å². The molecular weight excluding hydrogens is 276 g/mol. The van der Waals surface area contributed by atoms with Gasteiger partial charge in [-0.1, -0.05) is 13.8 Å². The van der Waals surface area contributed by atoms with E-state index >= 15 is 0 Å². The number of carboxylic acid groups (broad SMARTS) is 2. The van der Waals surface area contributed by atoms with Crippen LogP contribution in [0.3, 0.4) is 0 Å². The van der Waals surface area contributed by atoms with Gasteiger partial charge in [-0.25, -0.2) is 9.59 Å². The van der Waals surface area contributed by atoms with Crippen molar-refractivity contribution in [3.05, 3.63) is 0 Å². The molecule has 0 saturated heterocycles. The van der Waals surface area contributed by atoms with Crippen molar-refractivity contribution in [2.24, 2.45) is 5.92 Å². The zero-order valence-electron chi connectivity index (χ0n) is 12.5. The van der Waals surface area contributed by atoms with Crippen LogP contribution in [0.25, 0.3) is 0 Å². The van der Waals surface area contributed by atoms with Crippen molar-refractivity contribution >= 4 is 18.0 Å². The van der Waals surface area contributed by atoms with E-state index in [1.165, 1.54) is 0 Å². The summed E-state index contributed by atoms with van der Waals surface area (Å²) in [6, 6.07) is -1.37. The van der Waals surface area contributed by atoms with Gasteiger partial charge in [0.25, 0.3) is 0 Å². The quantitative estimate of drug-likeness (QED) is 0.598. The van der Waals surface area contributed by atoms with Crippen molar-refractivity contribution in [1.82, 2.24) is 10.2 Å². The molecule has 0 radical (unpaired) electrons. The summed E-state index contributed by atoms with van der Waals surface area (Å²) in [6.45, 7) is 4.73. The lowest BCUT2D eigenvalue weighted by atomic mass is 10.1. The zero-order valence-corrected chi connectivity index (χ0v) is 12.5. The molecule has 0 aromatic carbocycles. The highest BCUT2D eigenvalue weighted by Crippen LogP contribution is 2.27. The molecule has 1 fully saturated rings. The van der Waals surface area contributed by atoms with Crippen LogP contribution < -0.4 is 5.32 Å². The Bertz CT molecular complexity index is 393. The van der Waals surface area contributed by atoms with Crippen LogP contribution in [-0.4, -0.2) is 51.7 Å². The molecule has 0 heterocycles. The predicted molar refractivity (Wildman–Crippen MR) is 76.0 cm³/mol. The molecule has 0 unspecified atom stereocenters. The Morgan fingerprint density at radius 3 is 2.24 bits per heavy atom. The molecule has 0 aromatic rings. The minimum absolute atomic E-state index is 0.112.